The standard InChI is InChI=1S/C10H13N3O/c1-7-2-4-12-9(6-7)13-10(14)8-3-5-11-8/h2,4,6,8,11H,3,5H2,1H3,(H,12,13,14). The van der Waals surface area contributed by atoms with Gasteiger partial charge in [-0.2, -0.15) is 0 Å². The summed E-state index contributed by atoms with van der Waals surface area (Å²) in [5.41, 5.74) is 1.09. The van der Waals surface area contributed by atoms with Crippen molar-refractivity contribution in [3.63, 3.8) is 0 Å². The Morgan fingerprint density at radius 3 is 3.07 bits per heavy atom. The van der Waals surface area contributed by atoms with Crippen molar-refractivity contribution in [1.82, 2.24) is 10.3 Å². The molecule has 1 aliphatic rings. The van der Waals surface area contributed by atoms with Gasteiger partial charge >= 0.3 is 0 Å². The number of carbonyl (C=O) groups is 1. The fourth-order valence-corrected chi connectivity index (χ4v) is 1.33. The zero-order valence-electron chi connectivity index (χ0n) is 8.08. The maximum atomic E-state index is 11.5. The summed E-state index contributed by atoms with van der Waals surface area (Å²) in [6, 6.07) is 3.73. The highest BCUT2D eigenvalue weighted by Gasteiger charge is 2.24. The van der Waals surface area contributed by atoms with Crippen molar-refractivity contribution >= 4 is 11.7 Å². The highest BCUT2D eigenvalue weighted by atomic mass is 16.2. The second kappa shape index (κ2) is 3.75. The number of hydrogen-bond acceptors (Lipinski definition) is 3. The molecule has 74 valence electrons. The second-order valence-electron chi connectivity index (χ2n) is 3.50. The molecule has 0 bridgehead atoms. The Labute approximate surface area is 82.7 Å². The van der Waals surface area contributed by atoms with Crippen molar-refractivity contribution in [2.24, 2.45) is 0 Å². The zero-order chi connectivity index (χ0) is 9.97. The van der Waals surface area contributed by atoms with E-state index in [1.54, 1.807) is 6.20 Å². The number of nitrogens with zero attached hydrogens (tertiary/aromatic N) is 1. The van der Waals surface area contributed by atoms with Crippen LogP contribution in [0.1, 0.15) is 12.0 Å². The summed E-state index contributed by atoms with van der Waals surface area (Å²) in [6.45, 7) is 2.90. The van der Waals surface area contributed by atoms with E-state index in [9.17, 15) is 4.79 Å². The first-order chi connectivity index (χ1) is 6.75. The Kier molecular flexibility index (Phi) is 2.45. The average molecular weight is 191 g/mol. The third kappa shape index (κ3) is 1.90. The van der Waals surface area contributed by atoms with Crippen LogP contribution in [0, 0.1) is 6.92 Å². The third-order valence-electron chi connectivity index (χ3n) is 2.31. The molecule has 0 aromatic carbocycles. The highest BCUT2D eigenvalue weighted by Crippen LogP contribution is 2.08. The molecule has 0 radical (unpaired) electrons. The minimum atomic E-state index is -0.0303. The minimum Gasteiger partial charge on any atom is -0.309 e. The number of aryl methyl sites for hydroxylation is 1. The van der Waals surface area contributed by atoms with Gasteiger partial charge in [-0.3, -0.25) is 4.79 Å². The number of hydrogen-bond donors (Lipinski definition) is 2. The summed E-state index contributed by atoms with van der Waals surface area (Å²) >= 11 is 0. The van der Waals surface area contributed by atoms with Crippen LogP contribution in [-0.2, 0) is 4.79 Å². The van der Waals surface area contributed by atoms with Gasteiger partial charge in [0, 0.05) is 6.20 Å². The predicted molar refractivity (Wildman–Crippen MR) is 54.0 cm³/mol. The molecule has 1 saturated heterocycles. The van der Waals surface area contributed by atoms with E-state index in [1.165, 1.54) is 0 Å². The van der Waals surface area contributed by atoms with Crippen LogP contribution in [0.5, 0.6) is 0 Å². The smallest absolute Gasteiger partial charge is 0.242 e. The number of amides is 1. The Morgan fingerprint density at radius 1 is 1.71 bits per heavy atom. The van der Waals surface area contributed by atoms with E-state index >= 15 is 0 Å². The van der Waals surface area contributed by atoms with Crippen molar-refractivity contribution in [2.75, 3.05) is 11.9 Å². The summed E-state index contributed by atoms with van der Waals surface area (Å²) in [7, 11) is 0. The minimum absolute atomic E-state index is 0.00866. The number of rotatable bonds is 2. The number of anilines is 1. The Balaban J connectivity index is 1.99. The molecule has 4 heteroatoms. The van der Waals surface area contributed by atoms with E-state index in [2.05, 4.69) is 15.6 Å². The molecule has 1 atom stereocenters. The Morgan fingerprint density at radius 2 is 2.50 bits per heavy atom. The van der Waals surface area contributed by atoms with Crippen LogP contribution in [0.4, 0.5) is 5.82 Å². The molecule has 0 aliphatic carbocycles. The first kappa shape index (κ1) is 9.15. The maximum Gasteiger partial charge on any atom is 0.242 e. The third-order valence-corrected chi connectivity index (χ3v) is 2.31. The van der Waals surface area contributed by atoms with Crippen molar-refractivity contribution in [2.45, 2.75) is 19.4 Å². The van der Waals surface area contributed by atoms with Crippen LogP contribution in [0.2, 0.25) is 0 Å². The maximum absolute atomic E-state index is 11.5. The molecule has 2 N–H and O–H groups in total. The molecule has 1 amide bonds. The number of aromatic nitrogens is 1. The molecule has 1 aliphatic heterocycles. The molecule has 1 unspecified atom stereocenters. The van der Waals surface area contributed by atoms with Crippen molar-refractivity contribution in [3.8, 4) is 0 Å². The molecule has 0 saturated carbocycles. The van der Waals surface area contributed by atoms with Gasteiger partial charge in [0.1, 0.15) is 5.82 Å². The fraction of sp³-hybridized carbons (Fsp3) is 0.400. The van der Waals surface area contributed by atoms with Gasteiger partial charge < -0.3 is 10.6 Å². The lowest BCUT2D eigenvalue weighted by atomic mass is 10.1. The van der Waals surface area contributed by atoms with Crippen LogP contribution < -0.4 is 10.6 Å². The highest BCUT2D eigenvalue weighted by molar-refractivity contribution is 5.94. The normalized spacial score (nSPS) is 19.9. The predicted octanol–water partition coefficient (Wildman–Crippen LogP) is 0.690. The van der Waals surface area contributed by atoms with Gasteiger partial charge in [-0.1, -0.05) is 0 Å². The summed E-state index contributed by atoms with van der Waals surface area (Å²) in [6.07, 6.45) is 2.61. The van der Waals surface area contributed by atoms with Gasteiger partial charge in [0.05, 0.1) is 6.04 Å². The largest absolute Gasteiger partial charge is 0.309 e. The number of pyridine rings is 1. The topological polar surface area (TPSA) is 54.0 Å². The van der Waals surface area contributed by atoms with Gasteiger partial charge in [0.15, 0.2) is 0 Å². The van der Waals surface area contributed by atoms with E-state index in [0.29, 0.717) is 5.82 Å². The lowest BCUT2D eigenvalue weighted by Gasteiger charge is -2.25. The van der Waals surface area contributed by atoms with E-state index in [0.717, 1.165) is 18.5 Å². The van der Waals surface area contributed by atoms with Crippen LogP contribution in [-0.4, -0.2) is 23.5 Å². The molecule has 0 spiro atoms. The van der Waals surface area contributed by atoms with Crippen molar-refractivity contribution in [1.29, 1.82) is 0 Å². The summed E-state index contributed by atoms with van der Waals surface area (Å²) in [5.74, 6) is 0.637. The Hall–Kier alpha value is -1.42. The van der Waals surface area contributed by atoms with Crippen LogP contribution in [0.25, 0.3) is 0 Å². The van der Waals surface area contributed by atoms with Gasteiger partial charge in [0.2, 0.25) is 5.91 Å². The van der Waals surface area contributed by atoms with Crippen molar-refractivity contribution in [3.05, 3.63) is 23.9 Å². The molecule has 2 rings (SSSR count). The van der Waals surface area contributed by atoms with Gasteiger partial charge in [-0.05, 0) is 37.6 Å². The number of nitrogens with one attached hydrogen (secondary N) is 2. The van der Waals surface area contributed by atoms with E-state index in [-0.39, 0.29) is 11.9 Å². The van der Waals surface area contributed by atoms with E-state index < -0.39 is 0 Å². The average Bonchev–Trinajstić information content (AvgIpc) is 1.99. The molecule has 1 fully saturated rings. The summed E-state index contributed by atoms with van der Waals surface area (Å²) in [4.78, 5) is 15.6. The number of carbonyl (C=O) groups excluding carboxylic acids is 1. The molecular weight excluding hydrogens is 178 g/mol. The summed E-state index contributed by atoms with van der Waals surface area (Å²) in [5, 5.41) is 5.81. The van der Waals surface area contributed by atoms with Crippen molar-refractivity contribution < 1.29 is 4.79 Å². The van der Waals surface area contributed by atoms with Gasteiger partial charge in [-0.25, -0.2) is 4.98 Å². The molecule has 1 aromatic heterocycles. The molecule has 14 heavy (non-hydrogen) atoms. The molecule has 2 heterocycles. The first-order valence-electron chi connectivity index (χ1n) is 4.72. The second-order valence-corrected chi connectivity index (χ2v) is 3.50. The SMILES string of the molecule is Cc1ccnc(NC(=O)C2CCN2)c1. The fourth-order valence-electron chi connectivity index (χ4n) is 1.33. The molecular formula is C10H13N3O. The van der Waals surface area contributed by atoms with Gasteiger partial charge in [0.25, 0.3) is 0 Å². The quantitative estimate of drug-likeness (QED) is 0.723. The summed E-state index contributed by atoms with van der Waals surface area (Å²) < 4.78 is 0. The van der Waals surface area contributed by atoms with Gasteiger partial charge in [-0.15, -0.1) is 0 Å². The monoisotopic (exact) mass is 191 g/mol. The lowest BCUT2D eigenvalue weighted by Crippen LogP contribution is -2.50. The zero-order valence-corrected chi connectivity index (χ0v) is 8.08. The Bertz CT molecular complexity index is 347. The van der Waals surface area contributed by atoms with Crippen LogP contribution >= 0.6 is 0 Å². The van der Waals surface area contributed by atoms with E-state index in [1.807, 2.05) is 19.1 Å². The lowest BCUT2D eigenvalue weighted by molar-refractivity contribution is -0.119. The van der Waals surface area contributed by atoms with Crippen LogP contribution in [0.3, 0.4) is 0 Å². The molecule has 1 aromatic rings. The van der Waals surface area contributed by atoms with E-state index in [4.69, 9.17) is 0 Å². The molecule has 4 nitrogen and oxygen atoms in total. The van der Waals surface area contributed by atoms with Crippen LogP contribution in [0.15, 0.2) is 18.3 Å². The first-order valence-corrected chi connectivity index (χ1v) is 4.72.